The summed E-state index contributed by atoms with van der Waals surface area (Å²) < 4.78 is 26.1. The van der Waals surface area contributed by atoms with Crippen molar-refractivity contribution in [3.8, 4) is 6.07 Å². The van der Waals surface area contributed by atoms with E-state index in [1.165, 1.54) is 22.6 Å². The van der Waals surface area contributed by atoms with Gasteiger partial charge in [0.2, 0.25) is 10.0 Å². The van der Waals surface area contributed by atoms with Crippen LogP contribution < -0.4 is 0 Å². The van der Waals surface area contributed by atoms with Gasteiger partial charge in [0, 0.05) is 25.2 Å². The molecule has 2 rings (SSSR count). The van der Waals surface area contributed by atoms with Crippen molar-refractivity contribution in [2.75, 3.05) is 6.54 Å². The number of nitriles is 1. The van der Waals surface area contributed by atoms with E-state index in [1.807, 2.05) is 6.07 Å². The smallest absolute Gasteiger partial charge is 0.243 e. The topological polar surface area (TPSA) is 74.1 Å². The maximum atomic E-state index is 12.4. The van der Waals surface area contributed by atoms with Crippen LogP contribution >= 0.6 is 11.6 Å². The van der Waals surface area contributed by atoms with Crippen LogP contribution in [-0.4, -0.2) is 30.3 Å². The molecular weight excluding hydrogens is 274 g/mol. The van der Waals surface area contributed by atoms with Gasteiger partial charge in [0.1, 0.15) is 10.0 Å². The quantitative estimate of drug-likeness (QED) is 0.773. The van der Waals surface area contributed by atoms with Gasteiger partial charge in [-0.1, -0.05) is 11.6 Å². The van der Waals surface area contributed by atoms with Gasteiger partial charge in [-0.25, -0.2) is 13.4 Å². The maximum Gasteiger partial charge on any atom is 0.244 e. The van der Waals surface area contributed by atoms with Crippen molar-refractivity contribution in [3.05, 3.63) is 23.5 Å². The van der Waals surface area contributed by atoms with E-state index in [1.54, 1.807) is 0 Å². The van der Waals surface area contributed by atoms with E-state index in [0.717, 1.165) is 12.8 Å². The number of hydrogen-bond acceptors (Lipinski definition) is 4. The number of pyridine rings is 1. The molecule has 96 valence electrons. The number of nitrogens with zero attached hydrogens (tertiary/aromatic N) is 3. The molecule has 0 amide bonds. The van der Waals surface area contributed by atoms with Crippen molar-refractivity contribution in [2.45, 2.75) is 30.2 Å². The summed E-state index contributed by atoms with van der Waals surface area (Å²) in [4.78, 5) is 3.90. The Morgan fingerprint density at radius 2 is 2.22 bits per heavy atom. The van der Waals surface area contributed by atoms with Crippen LogP contribution in [0.15, 0.2) is 23.2 Å². The van der Waals surface area contributed by atoms with Gasteiger partial charge < -0.3 is 0 Å². The lowest BCUT2D eigenvalue weighted by Crippen LogP contribution is -2.34. The Hall–Kier alpha value is -1.16. The monoisotopic (exact) mass is 285 g/mol. The SMILES string of the molecule is N#CCCN(C1CC1)S(=O)(=O)c1ccc(Cl)nc1. The highest BCUT2D eigenvalue weighted by atomic mass is 35.5. The minimum Gasteiger partial charge on any atom is -0.243 e. The van der Waals surface area contributed by atoms with E-state index < -0.39 is 10.0 Å². The minimum atomic E-state index is -3.57. The zero-order valence-corrected chi connectivity index (χ0v) is 11.2. The zero-order chi connectivity index (χ0) is 13.2. The molecule has 1 fully saturated rings. The van der Waals surface area contributed by atoms with E-state index >= 15 is 0 Å². The number of aromatic nitrogens is 1. The van der Waals surface area contributed by atoms with Crippen molar-refractivity contribution >= 4 is 21.6 Å². The Bertz CT molecular complexity index is 561. The molecule has 0 aliphatic heterocycles. The molecule has 1 aliphatic carbocycles. The molecule has 0 aromatic carbocycles. The standard InChI is InChI=1S/C11H12ClN3O2S/c12-11-5-4-10(8-14-11)18(16,17)15(7-1-6-13)9-2-3-9/h4-5,8-9H,1-3,7H2. The third kappa shape index (κ3) is 2.80. The molecule has 0 N–H and O–H groups in total. The van der Waals surface area contributed by atoms with Gasteiger partial charge >= 0.3 is 0 Å². The predicted molar refractivity (Wildman–Crippen MR) is 66.4 cm³/mol. The van der Waals surface area contributed by atoms with Crippen LogP contribution in [0.4, 0.5) is 0 Å². The van der Waals surface area contributed by atoms with Gasteiger partial charge in [0.25, 0.3) is 0 Å². The first-order valence-electron chi connectivity index (χ1n) is 5.56. The van der Waals surface area contributed by atoms with E-state index in [9.17, 15) is 8.42 Å². The van der Waals surface area contributed by atoms with E-state index in [-0.39, 0.29) is 29.1 Å². The van der Waals surface area contributed by atoms with Gasteiger partial charge in [-0.3, -0.25) is 0 Å². The van der Waals surface area contributed by atoms with Gasteiger partial charge in [0.05, 0.1) is 6.07 Å². The molecule has 7 heteroatoms. The molecule has 18 heavy (non-hydrogen) atoms. The first-order chi connectivity index (χ1) is 8.55. The van der Waals surface area contributed by atoms with Crippen LogP contribution in [0.2, 0.25) is 5.15 Å². The highest BCUT2D eigenvalue weighted by Gasteiger charge is 2.37. The molecule has 1 aromatic rings. The van der Waals surface area contributed by atoms with Crippen molar-refractivity contribution < 1.29 is 8.42 Å². The van der Waals surface area contributed by atoms with Crippen LogP contribution in [0.1, 0.15) is 19.3 Å². The summed E-state index contributed by atoms with van der Waals surface area (Å²) in [6.45, 7) is 0.228. The van der Waals surface area contributed by atoms with E-state index in [0.29, 0.717) is 0 Å². The van der Waals surface area contributed by atoms with Crippen molar-refractivity contribution in [1.82, 2.24) is 9.29 Å². The lowest BCUT2D eigenvalue weighted by molar-refractivity contribution is 0.410. The van der Waals surface area contributed by atoms with Crippen molar-refractivity contribution in [1.29, 1.82) is 5.26 Å². The Balaban J connectivity index is 2.27. The first-order valence-corrected chi connectivity index (χ1v) is 7.38. The van der Waals surface area contributed by atoms with Crippen LogP contribution in [0.5, 0.6) is 0 Å². The molecule has 1 heterocycles. The highest BCUT2D eigenvalue weighted by molar-refractivity contribution is 7.89. The lowest BCUT2D eigenvalue weighted by atomic mass is 10.4. The fraction of sp³-hybridized carbons (Fsp3) is 0.455. The third-order valence-corrected chi connectivity index (χ3v) is 4.86. The normalized spacial score (nSPS) is 15.6. The summed E-state index contributed by atoms with van der Waals surface area (Å²) in [5.74, 6) is 0. The largest absolute Gasteiger partial charge is 0.244 e. The Morgan fingerprint density at radius 3 is 2.72 bits per heavy atom. The lowest BCUT2D eigenvalue weighted by Gasteiger charge is -2.20. The van der Waals surface area contributed by atoms with Crippen molar-refractivity contribution in [3.63, 3.8) is 0 Å². The first kappa shape index (κ1) is 13.3. The number of rotatable bonds is 5. The summed E-state index contributed by atoms with van der Waals surface area (Å²) in [6, 6.07) is 4.88. The zero-order valence-electron chi connectivity index (χ0n) is 9.58. The van der Waals surface area contributed by atoms with E-state index in [4.69, 9.17) is 16.9 Å². The molecule has 0 spiro atoms. The molecule has 0 radical (unpaired) electrons. The second-order valence-corrected chi connectivity index (χ2v) is 6.35. The summed E-state index contributed by atoms with van der Waals surface area (Å²) >= 11 is 5.64. The summed E-state index contributed by atoms with van der Waals surface area (Å²) in [5.41, 5.74) is 0. The van der Waals surface area contributed by atoms with Crippen molar-refractivity contribution in [2.24, 2.45) is 0 Å². The molecular formula is C11H12ClN3O2S. The summed E-state index contributed by atoms with van der Waals surface area (Å²) in [7, 11) is -3.57. The molecule has 1 saturated carbocycles. The predicted octanol–water partition coefficient (Wildman–Crippen LogP) is 1.80. The fourth-order valence-corrected chi connectivity index (χ4v) is 3.42. The second-order valence-electron chi connectivity index (χ2n) is 4.07. The van der Waals surface area contributed by atoms with Crippen LogP contribution in [-0.2, 0) is 10.0 Å². The Kier molecular flexibility index (Phi) is 3.85. The third-order valence-electron chi connectivity index (χ3n) is 2.70. The highest BCUT2D eigenvalue weighted by Crippen LogP contribution is 2.32. The van der Waals surface area contributed by atoms with Gasteiger partial charge in [-0.05, 0) is 25.0 Å². The Labute approximate surface area is 111 Å². The van der Waals surface area contributed by atoms with Crippen LogP contribution in [0, 0.1) is 11.3 Å². The second kappa shape index (κ2) is 5.22. The Morgan fingerprint density at radius 1 is 1.50 bits per heavy atom. The molecule has 5 nitrogen and oxygen atoms in total. The number of sulfonamides is 1. The molecule has 0 atom stereocenters. The van der Waals surface area contributed by atoms with Crippen LogP contribution in [0.3, 0.4) is 0 Å². The molecule has 0 saturated heterocycles. The summed E-state index contributed by atoms with van der Waals surface area (Å²) in [6.07, 6.45) is 3.15. The molecule has 0 bridgehead atoms. The number of hydrogen-bond donors (Lipinski definition) is 0. The fourth-order valence-electron chi connectivity index (χ4n) is 1.67. The molecule has 1 aliphatic rings. The number of halogens is 1. The molecule has 1 aromatic heterocycles. The van der Waals surface area contributed by atoms with Gasteiger partial charge in [0.15, 0.2) is 0 Å². The van der Waals surface area contributed by atoms with Crippen LogP contribution in [0.25, 0.3) is 0 Å². The maximum absolute atomic E-state index is 12.4. The minimum absolute atomic E-state index is 0.0269. The summed E-state index contributed by atoms with van der Waals surface area (Å²) in [5, 5.41) is 8.84. The average Bonchev–Trinajstić information content (AvgIpc) is 3.14. The molecule has 0 unspecified atom stereocenters. The van der Waals surface area contributed by atoms with E-state index in [2.05, 4.69) is 4.98 Å². The van der Waals surface area contributed by atoms with Gasteiger partial charge in [-0.2, -0.15) is 9.57 Å². The van der Waals surface area contributed by atoms with Gasteiger partial charge in [-0.15, -0.1) is 0 Å². The average molecular weight is 286 g/mol.